The predicted molar refractivity (Wildman–Crippen MR) is 95.7 cm³/mol. The summed E-state index contributed by atoms with van der Waals surface area (Å²) in [5, 5.41) is -0.210. The molecular formula is C16H34O4S2. The first-order chi connectivity index (χ1) is 10.3. The summed E-state index contributed by atoms with van der Waals surface area (Å²) < 4.78 is 40.8. The van der Waals surface area contributed by atoms with E-state index in [1.165, 1.54) is 0 Å². The molecule has 0 saturated carbocycles. The number of hydrogen-bond acceptors (Lipinski definition) is 2. The monoisotopic (exact) mass is 354 g/mol. The van der Waals surface area contributed by atoms with Crippen molar-refractivity contribution in [3.8, 4) is 0 Å². The highest BCUT2D eigenvalue weighted by atomic mass is 32.2. The highest BCUT2D eigenvalue weighted by molar-refractivity contribution is 7.80. The van der Waals surface area contributed by atoms with Gasteiger partial charge in [0.2, 0.25) is 0 Å². The quantitative estimate of drug-likeness (QED) is 0.374. The van der Waals surface area contributed by atoms with Crippen molar-refractivity contribution in [3.63, 3.8) is 0 Å². The van der Waals surface area contributed by atoms with Crippen LogP contribution < -0.4 is 0 Å². The summed E-state index contributed by atoms with van der Waals surface area (Å²) >= 11 is -3.42. The normalized spacial score (nSPS) is 17.6. The number of unbranched alkanes of at least 4 members (excludes halogenated alkanes) is 5. The van der Waals surface area contributed by atoms with E-state index in [0.29, 0.717) is 0 Å². The third-order valence-corrected chi connectivity index (χ3v) is 6.83. The van der Waals surface area contributed by atoms with Gasteiger partial charge in [-0.05, 0) is 24.7 Å². The van der Waals surface area contributed by atoms with Crippen molar-refractivity contribution in [3.05, 3.63) is 0 Å². The van der Waals surface area contributed by atoms with Crippen molar-refractivity contribution in [2.24, 2.45) is 11.8 Å². The molecule has 0 aromatic heterocycles. The van der Waals surface area contributed by atoms with Gasteiger partial charge in [-0.2, -0.15) is 0 Å². The van der Waals surface area contributed by atoms with Crippen LogP contribution in [0.2, 0.25) is 0 Å². The Balaban J connectivity index is 3.66. The zero-order valence-corrected chi connectivity index (χ0v) is 16.1. The molecule has 0 aromatic carbocycles. The van der Waals surface area contributed by atoms with E-state index in [0.717, 1.165) is 51.4 Å². The molecule has 0 amide bonds. The van der Waals surface area contributed by atoms with Crippen LogP contribution in [0.4, 0.5) is 0 Å². The second kappa shape index (κ2) is 12.6. The van der Waals surface area contributed by atoms with Crippen LogP contribution in [0.25, 0.3) is 0 Å². The molecule has 0 saturated heterocycles. The van der Waals surface area contributed by atoms with Gasteiger partial charge in [0.05, 0.1) is 10.5 Å². The topological polar surface area (TPSA) is 74.6 Å². The summed E-state index contributed by atoms with van der Waals surface area (Å²) in [5.41, 5.74) is 0. The molecule has 2 N–H and O–H groups in total. The average Bonchev–Trinajstić information content (AvgIpc) is 2.38. The van der Waals surface area contributed by atoms with Gasteiger partial charge in [0.25, 0.3) is 0 Å². The van der Waals surface area contributed by atoms with Crippen LogP contribution >= 0.6 is 0 Å². The van der Waals surface area contributed by atoms with Crippen molar-refractivity contribution >= 4 is 22.2 Å². The standard InChI is InChI=1S/C16H34O4S2/c1-13(2)15(21(17)18)11-9-7-5-6-8-10-12-16(14(3)4)22(19)20/h13-16H,5-12H2,1-4H3,(H,17,18)(H,19,20). The van der Waals surface area contributed by atoms with E-state index >= 15 is 0 Å². The molecule has 0 aromatic rings. The van der Waals surface area contributed by atoms with Crippen LogP contribution in [0.15, 0.2) is 0 Å². The van der Waals surface area contributed by atoms with E-state index in [4.69, 9.17) is 0 Å². The maximum atomic E-state index is 11.2. The van der Waals surface area contributed by atoms with E-state index in [-0.39, 0.29) is 22.3 Å². The van der Waals surface area contributed by atoms with Gasteiger partial charge >= 0.3 is 0 Å². The Kier molecular flexibility index (Phi) is 12.7. The molecule has 0 aliphatic rings. The maximum Gasteiger partial charge on any atom is 0.156 e. The van der Waals surface area contributed by atoms with Gasteiger partial charge in [-0.25, -0.2) is 8.42 Å². The molecule has 4 atom stereocenters. The van der Waals surface area contributed by atoms with Gasteiger partial charge in [0, 0.05) is 0 Å². The third kappa shape index (κ3) is 10.1. The molecule has 0 bridgehead atoms. The maximum absolute atomic E-state index is 11.2. The van der Waals surface area contributed by atoms with Crippen LogP contribution in [0.3, 0.4) is 0 Å². The van der Waals surface area contributed by atoms with Crippen molar-refractivity contribution in [2.45, 2.75) is 89.6 Å². The molecule has 4 unspecified atom stereocenters. The second-order valence-corrected chi connectivity index (χ2v) is 9.13. The molecule has 6 heteroatoms. The van der Waals surface area contributed by atoms with Crippen LogP contribution in [-0.2, 0) is 22.2 Å². The van der Waals surface area contributed by atoms with Gasteiger partial charge in [0.1, 0.15) is 0 Å². The Hall–Kier alpha value is 0.220. The van der Waals surface area contributed by atoms with E-state index in [9.17, 15) is 17.5 Å². The summed E-state index contributed by atoms with van der Waals surface area (Å²) in [6.07, 6.45) is 8.11. The zero-order chi connectivity index (χ0) is 17.1. The molecule has 0 rings (SSSR count). The Bertz CT molecular complexity index is 300. The van der Waals surface area contributed by atoms with Crippen LogP contribution in [0.5, 0.6) is 0 Å². The Morgan fingerprint density at radius 1 is 0.636 bits per heavy atom. The third-order valence-electron chi connectivity index (χ3n) is 4.23. The minimum Gasteiger partial charge on any atom is -0.306 e. The summed E-state index contributed by atoms with van der Waals surface area (Å²) in [6.45, 7) is 7.98. The SMILES string of the molecule is CC(C)C(CCCCCCCCC(C(C)C)S(=O)O)S(=O)O. The summed E-state index contributed by atoms with van der Waals surface area (Å²) in [4.78, 5) is 0. The van der Waals surface area contributed by atoms with Crippen LogP contribution in [0, 0.1) is 11.8 Å². The van der Waals surface area contributed by atoms with Gasteiger partial charge in [-0.3, -0.25) is 0 Å². The first-order valence-electron chi connectivity index (χ1n) is 8.46. The minimum atomic E-state index is -1.71. The van der Waals surface area contributed by atoms with Gasteiger partial charge in [-0.15, -0.1) is 0 Å². The molecule has 4 nitrogen and oxygen atoms in total. The van der Waals surface area contributed by atoms with E-state index in [1.807, 2.05) is 27.7 Å². The fourth-order valence-corrected chi connectivity index (χ4v) is 4.40. The first-order valence-corrected chi connectivity index (χ1v) is 10.8. The average molecular weight is 355 g/mol. The fraction of sp³-hybridized carbons (Fsp3) is 1.00. The summed E-state index contributed by atoms with van der Waals surface area (Å²) in [7, 11) is 0. The van der Waals surface area contributed by atoms with Crippen molar-refractivity contribution < 1.29 is 17.5 Å². The lowest BCUT2D eigenvalue weighted by atomic mass is 10.0. The lowest BCUT2D eigenvalue weighted by Crippen LogP contribution is -2.21. The fourth-order valence-electron chi connectivity index (χ4n) is 2.73. The lowest BCUT2D eigenvalue weighted by Gasteiger charge is -2.17. The van der Waals surface area contributed by atoms with Crippen LogP contribution in [-0.4, -0.2) is 28.0 Å². The lowest BCUT2D eigenvalue weighted by molar-refractivity contribution is 0.462. The van der Waals surface area contributed by atoms with E-state index in [2.05, 4.69) is 0 Å². The van der Waals surface area contributed by atoms with E-state index < -0.39 is 22.2 Å². The molecule has 0 spiro atoms. The Morgan fingerprint density at radius 2 is 0.909 bits per heavy atom. The molecule has 22 heavy (non-hydrogen) atoms. The molecule has 0 aliphatic carbocycles. The van der Waals surface area contributed by atoms with Crippen molar-refractivity contribution in [1.29, 1.82) is 0 Å². The number of hydrogen-bond donors (Lipinski definition) is 2. The predicted octanol–water partition coefficient (Wildman–Crippen LogP) is 4.60. The number of rotatable bonds is 13. The van der Waals surface area contributed by atoms with Gasteiger partial charge in [-0.1, -0.05) is 66.2 Å². The van der Waals surface area contributed by atoms with Crippen molar-refractivity contribution in [2.75, 3.05) is 0 Å². The minimum absolute atomic E-state index is 0.105. The molecule has 0 fully saturated rings. The Morgan fingerprint density at radius 3 is 1.14 bits per heavy atom. The second-order valence-electron chi connectivity index (χ2n) is 6.82. The largest absolute Gasteiger partial charge is 0.306 e. The highest BCUT2D eigenvalue weighted by Crippen LogP contribution is 2.19. The molecule has 134 valence electrons. The summed E-state index contributed by atoms with van der Waals surface area (Å²) in [5.74, 6) is 0.497. The van der Waals surface area contributed by atoms with Crippen LogP contribution in [0.1, 0.15) is 79.1 Å². The molecule has 0 radical (unpaired) electrons. The zero-order valence-electron chi connectivity index (χ0n) is 14.5. The summed E-state index contributed by atoms with van der Waals surface area (Å²) in [6, 6.07) is 0. The Labute approximate surface area is 141 Å². The first kappa shape index (κ1) is 22.2. The van der Waals surface area contributed by atoms with Crippen molar-refractivity contribution in [1.82, 2.24) is 0 Å². The molecule has 0 heterocycles. The van der Waals surface area contributed by atoms with Gasteiger partial charge < -0.3 is 9.11 Å². The smallest absolute Gasteiger partial charge is 0.156 e. The van der Waals surface area contributed by atoms with Gasteiger partial charge in [0.15, 0.2) is 22.2 Å². The van der Waals surface area contributed by atoms with E-state index in [1.54, 1.807) is 0 Å². The molecule has 0 aliphatic heterocycles. The molecular weight excluding hydrogens is 320 g/mol. The highest BCUT2D eigenvalue weighted by Gasteiger charge is 2.19.